The van der Waals surface area contributed by atoms with Crippen molar-refractivity contribution in [2.45, 2.75) is 52.4 Å². The van der Waals surface area contributed by atoms with Crippen molar-refractivity contribution >= 4 is 17.3 Å². The molecule has 4 heteroatoms. The summed E-state index contributed by atoms with van der Waals surface area (Å²) in [5.74, 6) is -0.340. The van der Waals surface area contributed by atoms with Crippen LogP contribution in [-0.4, -0.2) is 18.1 Å². The number of aromatic nitrogens is 1. The van der Waals surface area contributed by atoms with Crippen LogP contribution in [0.25, 0.3) is 0 Å². The summed E-state index contributed by atoms with van der Waals surface area (Å²) < 4.78 is 4.85. The lowest BCUT2D eigenvalue weighted by Crippen LogP contribution is -2.13. The molecule has 0 spiro atoms. The number of thiazole rings is 1. The smallest absolute Gasteiger partial charge is 0.314 e. The molecule has 0 radical (unpaired) electrons. The van der Waals surface area contributed by atoms with Gasteiger partial charge in [-0.2, -0.15) is 0 Å². The van der Waals surface area contributed by atoms with E-state index in [0.29, 0.717) is 0 Å². The zero-order chi connectivity index (χ0) is 13.2. The molecule has 0 bridgehead atoms. The van der Waals surface area contributed by atoms with Crippen molar-refractivity contribution in [3.8, 4) is 0 Å². The van der Waals surface area contributed by atoms with Gasteiger partial charge < -0.3 is 4.74 Å². The molecule has 1 atom stereocenters. The van der Waals surface area contributed by atoms with Gasteiger partial charge in [-0.25, -0.2) is 4.98 Å². The second-order valence-corrected chi connectivity index (χ2v) is 6.23. The van der Waals surface area contributed by atoms with Crippen LogP contribution in [0.1, 0.15) is 55.6 Å². The first kappa shape index (κ1) is 14.2. The first-order chi connectivity index (χ1) is 7.81. The Labute approximate surface area is 107 Å². The van der Waals surface area contributed by atoms with Crippen molar-refractivity contribution in [3.63, 3.8) is 0 Å². The summed E-state index contributed by atoms with van der Waals surface area (Å²) in [6, 6.07) is 0. The molecular formula is C13H21NO2S. The number of aryl methyl sites for hydroxylation is 1. The van der Waals surface area contributed by atoms with Gasteiger partial charge in [0.05, 0.1) is 23.7 Å². The third-order valence-corrected chi connectivity index (χ3v) is 4.38. The molecule has 17 heavy (non-hydrogen) atoms. The molecule has 3 nitrogen and oxygen atoms in total. The fourth-order valence-electron chi connectivity index (χ4n) is 1.65. The minimum Gasteiger partial charge on any atom is -0.469 e. The second-order valence-electron chi connectivity index (χ2n) is 5.20. The minimum atomic E-state index is -0.173. The van der Waals surface area contributed by atoms with Crippen molar-refractivity contribution < 1.29 is 9.53 Å². The standard InChI is InChI=1S/C13H21NO2S/c1-7-9(11(15)16-6)10-8(2)14-12(17-10)13(3,4)5/h9H,7H2,1-6H3. The van der Waals surface area contributed by atoms with Gasteiger partial charge in [-0.3, -0.25) is 4.79 Å². The summed E-state index contributed by atoms with van der Waals surface area (Å²) in [5.41, 5.74) is 0.986. The normalized spacial score (nSPS) is 13.5. The summed E-state index contributed by atoms with van der Waals surface area (Å²) in [5, 5.41) is 1.08. The first-order valence-electron chi connectivity index (χ1n) is 5.86. The van der Waals surface area contributed by atoms with Gasteiger partial charge in [-0.15, -0.1) is 11.3 Å². The Bertz CT molecular complexity index is 404. The highest BCUT2D eigenvalue weighted by Crippen LogP contribution is 2.35. The van der Waals surface area contributed by atoms with Gasteiger partial charge in [-0.1, -0.05) is 27.7 Å². The van der Waals surface area contributed by atoms with Gasteiger partial charge in [0.2, 0.25) is 0 Å². The number of carbonyl (C=O) groups is 1. The van der Waals surface area contributed by atoms with E-state index < -0.39 is 0 Å². The predicted molar refractivity (Wildman–Crippen MR) is 70.6 cm³/mol. The van der Waals surface area contributed by atoms with Gasteiger partial charge in [0.1, 0.15) is 0 Å². The van der Waals surface area contributed by atoms with Crippen molar-refractivity contribution in [2.24, 2.45) is 0 Å². The first-order valence-corrected chi connectivity index (χ1v) is 6.68. The topological polar surface area (TPSA) is 39.2 Å². The van der Waals surface area contributed by atoms with Gasteiger partial charge >= 0.3 is 5.97 Å². The van der Waals surface area contributed by atoms with E-state index in [9.17, 15) is 4.79 Å². The lowest BCUT2D eigenvalue weighted by atomic mass is 9.98. The van der Waals surface area contributed by atoms with E-state index in [0.717, 1.165) is 22.0 Å². The molecule has 0 aliphatic heterocycles. The molecule has 0 N–H and O–H groups in total. The number of hydrogen-bond acceptors (Lipinski definition) is 4. The molecule has 0 saturated heterocycles. The van der Waals surface area contributed by atoms with Gasteiger partial charge in [0.25, 0.3) is 0 Å². The third kappa shape index (κ3) is 3.06. The van der Waals surface area contributed by atoms with Crippen LogP contribution in [0, 0.1) is 6.92 Å². The van der Waals surface area contributed by atoms with Crippen molar-refractivity contribution in [3.05, 3.63) is 15.6 Å². The SMILES string of the molecule is CCC(C(=O)OC)c1sc(C(C)(C)C)nc1C. The lowest BCUT2D eigenvalue weighted by Gasteiger charge is -2.14. The van der Waals surface area contributed by atoms with Gasteiger partial charge in [-0.05, 0) is 13.3 Å². The summed E-state index contributed by atoms with van der Waals surface area (Å²) >= 11 is 1.63. The van der Waals surface area contributed by atoms with Crippen molar-refractivity contribution in [2.75, 3.05) is 7.11 Å². The molecule has 0 aliphatic carbocycles. The molecule has 96 valence electrons. The number of rotatable bonds is 3. The Morgan fingerprint density at radius 1 is 1.47 bits per heavy atom. The average Bonchev–Trinajstić information content (AvgIpc) is 2.61. The van der Waals surface area contributed by atoms with Crippen LogP contribution in [0.2, 0.25) is 0 Å². The largest absolute Gasteiger partial charge is 0.469 e. The maximum Gasteiger partial charge on any atom is 0.314 e. The molecule has 1 unspecified atom stereocenters. The van der Waals surface area contributed by atoms with Crippen LogP contribution < -0.4 is 0 Å². The highest BCUT2D eigenvalue weighted by atomic mass is 32.1. The Kier molecular flexibility index (Phi) is 4.31. The number of esters is 1. The number of ether oxygens (including phenoxy) is 1. The van der Waals surface area contributed by atoms with Crippen LogP contribution in [0.4, 0.5) is 0 Å². The highest BCUT2D eigenvalue weighted by molar-refractivity contribution is 7.12. The lowest BCUT2D eigenvalue weighted by molar-refractivity contribution is -0.142. The number of carbonyl (C=O) groups excluding carboxylic acids is 1. The van der Waals surface area contributed by atoms with Gasteiger partial charge in [0, 0.05) is 10.3 Å². The molecule has 0 amide bonds. The van der Waals surface area contributed by atoms with E-state index in [1.165, 1.54) is 7.11 Å². The van der Waals surface area contributed by atoms with Crippen LogP contribution in [0.15, 0.2) is 0 Å². The molecule has 0 fully saturated rings. The fraction of sp³-hybridized carbons (Fsp3) is 0.692. The van der Waals surface area contributed by atoms with Crippen molar-refractivity contribution in [1.82, 2.24) is 4.98 Å². The Morgan fingerprint density at radius 2 is 2.06 bits per heavy atom. The predicted octanol–water partition coefficient (Wildman–Crippen LogP) is 3.42. The number of methoxy groups -OCH3 is 1. The number of hydrogen-bond donors (Lipinski definition) is 0. The molecule has 1 heterocycles. The molecule has 0 saturated carbocycles. The maximum absolute atomic E-state index is 11.7. The third-order valence-electron chi connectivity index (χ3n) is 2.68. The fourth-order valence-corrected chi connectivity index (χ4v) is 2.95. The summed E-state index contributed by atoms with van der Waals surface area (Å²) in [7, 11) is 1.44. The second kappa shape index (κ2) is 5.17. The molecule has 0 aromatic carbocycles. The highest BCUT2D eigenvalue weighted by Gasteiger charge is 2.27. The van der Waals surface area contributed by atoms with Crippen LogP contribution in [-0.2, 0) is 14.9 Å². The van der Waals surface area contributed by atoms with E-state index in [1.807, 2.05) is 13.8 Å². The van der Waals surface area contributed by atoms with E-state index in [1.54, 1.807) is 11.3 Å². The van der Waals surface area contributed by atoms with E-state index >= 15 is 0 Å². The average molecular weight is 255 g/mol. The summed E-state index contributed by atoms with van der Waals surface area (Å²) in [4.78, 5) is 17.3. The van der Waals surface area contributed by atoms with Crippen LogP contribution in [0.3, 0.4) is 0 Å². The number of nitrogens with zero attached hydrogens (tertiary/aromatic N) is 1. The summed E-state index contributed by atoms with van der Waals surface area (Å²) in [6.45, 7) is 10.4. The van der Waals surface area contributed by atoms with Gasteiger partial charge in [0.15, 0.2) is 0 Å². The van der Waals surface area contributed by atoms with Crippen LogP contribution in [0.5, 0.6) is 0 Å². The zero-order valence-electron chi connectivity index (χ0n) is 11.5. The van der Waals surface area contributed by atoms with Crippen molar-refractivity contribution in [1.29, 1.82) is 0 Å². The zero-order valence-corrected chi connectivity index (χ0v) is 12.3. The minimum absolute atomic E-state index is 0.0298. The van der Waals surface area contributed by atoms with E-state index in [4.69, 9.17) is 4.74 Å². The Morgan fingerprint density at radius 3 is 2.41 bits per heavy atom. The Hall–Kier alpha value is -0.900. The monoisotopic (exact) mass is 255 g/mol. The Balaban J connectivity index is 3.13. The quantitative estimate of drug-likeness (QED) is 0.777. The maximum atomic E-state index is 11.7. The molecule has 1 aromatic heterocycles. The molecule has 0 aliphatic rings. The molecule has 1 rings (SSSR count). The summed E-state index contributed by atoms with van der Waals surface area (Å²) in [6.07, 6.45) is 0.749. The molecule has 1 aromatic rings. The van der Waals surface area contributed by atoms with Crippen LogP contribution >= 0.6 is 11.3 Å². The molecular weight excluding hydrogens is 234 g/mol. The van der Waals surface area contributed by atoms with E-state index in [-0.39, 0.29) is 17.3 Å². The van der Waals surface area contributed by atoms with E-state index in [2.05, 4.69) is 25.8 Å².